The van der Waals surface area contributed by atoms with Gasteiger partial charge in [-0.25, -0.2) is 9.97 Å². The smallest absolute Gasteiger partial charge is 0.255 e. The van der Waals surface area contributed by atoms with Gasteiger partial charge in [0, 0.05) is 55.9 Å². The number of piperazine rings is 1. The standard InChI is InChI=1S/C30H28Cl2N4O2/c1-38-20-27-25(19-21-11-13-23(31)14-12-21)29(34-28(33-27)22-7-3-2-4-8-22)35-15-17-36(18-16-35)30(37)24-9-5-6-10-26(24)32/h2-14H,15-20H2,1H3. The van der Waals surface area contributed by atoms with Gasteiger partial charge in [-0.2, -0.15) is 0 Å². The Kier molecular flexibility index (Phi) is 8.23. The molecule has 0 spiro atoms. The largest absolute Gasteiger partial charge is 0.378 e. The molecule has 194 valence electrons. The number of hydrogen-bond acceptors (Lipinski definition) is 5. The van der Waals surface area contributed by atoms with Gasteiger partial charge in [0.15, 0.2) is 5.82 Å². The van der Waals surface area contributed by atoms with Crippen molar-refractivity contribution < 1.29 is 9.53 Å². The van der Waals surface area contributed by atoms with Crippen LogP contribution in [0.4, 0.5) is 5.82 Å². The maximum absolute atomic E-state index is 13.1. The van der Waals surface area contributed by atoms with Gasteiger partial charge in [0.05, 0.1) is 22.9 Å². The molecule has 2 heterocycles. The first-order valence-corrected chi connectivity index (χ1v) is 13.3. The number of nitrogens with zero attached hydrogens (tertiary/aromatic N) is 4. The molecular weight excluding hydrogens is 519 g/mol. The predicted molar refractivity (Wildman–Crippen MR) is 152 cm³/mol. The van der Waals surface area contributed by atoms with Crippen LogP contribution in [0.3, 0.4) is 0 Å². The number of benzene rings is 3. The minimum Gasteiger partial charge on any atom is -0.378 e. The lowest BCUT2D eigenvalue weighted by Gasteiger charge is -2.37. The van der Waals surface area contributed by atoms with Crippen molar-refractivity contribution in [2.75, 3.05) is 38.2 Å². The lowest BCUT2D eigenvalue weighted by molar-refractivity contribution is 0.0746. The summed E-state index contributed by atoms with van der Waals surface area (Å²) in [6, 6.07) is 25.0. The van der Waals surface area contributed by atoms with Crippen LogP contribution < -0.4 is 4.90 Å². The zero-order chi connectivity index (χ0) is 26.5. The van der Waals surface area contributed by atoms with Gasteiger partial charge in [-0.3, -0.25) is 4.79 Å². The minimum atomic E-state index is -0.0515. The number of carbonyl (C=O) groups excluding carboxylic acids is 1. The molecule has 1 saturated heterocycles. The highest BCUT2D eigenvalue weighted by Crippen LogP contribution is 2.30. The molecule has 0 unspecified atom stereocenters. The highest BCUT2D eigenvalue weighted by atomic mass is 35.5. The van der Waals surface area contributed by atoms with E-state index in [-0.39, 0.29) is 5.91 Å². The Morgan fingerprint density at radius 2 is 1.55 bits per heavy atom. The van der Waals surface area contributed by atoms with Gasteiger partial charge >= 0.3 is 0 Å². The van der Waals surface area contributed by atoms with Crippen molar-refractivity contribution in [2.45, 2.75) is 13.0 Å². The Morgan fingerprint density at radius 1 is 0.868 bits per heavy atom. The Hall–Kier alpha value is -3.45. The molecule has 1 amide bonds. The van der Waals surface area contributed by atoms with Gasteiger partial charge in [-0.15, -0.1) is 0 Å². The quantitative estimate of drug-likeness (QED) is 0.278. The second-order valence-corrected chi connectivity index (χ2v) is 10.0. The fraction of sp³-hybridized carbons (Fsp3) is 0.233. The molecule has 3 aromatic carbocycles. The Bertz CT molecular complexity index is 1410. The summed E-state index contributed by atoms with van der Waals surface area (Å²) in [5.74, 6) is 1.47. The molecule has 0 saturated carbocycles. The van der Waals surface area contributed by atoms with E-state index in [1.165, 1.54) is 0 Å². The summed E-state index contributed by atoms with van der Waals surface area (Å²) >= 11 is 12.4. The highest BCUT2D eigenvalue weighted by molar-refractivity contribution is 6.33. The molecule has 0 bridgehead atoms. The third kappa shape index (κ3) is 5.83. The van der Waals surface area contributed by atoms with Crippen LogP contribution in [0.1, 0.15) is 27.2 Å². The van der Waals surface area contributed by atoms with E-state index in [9.17, 15) is 4.79 Å². The average molecular weight is 547 g/mol. The highest BCUT2D eigenvalue weighted by Gasteiger charge is 2.27. The third-order valence-corrected chi connectivity index (χ3v) is 7.23. The maximum Gasteiger partial charge on any atom is 0.255 e. The molecule has 0 N–H and O–H groups in total. The average Bonchev–Trinajstić information content (AvgIpc) is 2.95. The van der Waals surface area contributed by atoms with Crippen LogP contribution in [0.15, 0.2) is 78.9 Å². The number of hydrogen-bond donors (Lipinski definition) is 0. The van der Waals surface area contributed by atoms with Crippen LogP contribution in [-0.4, -0.2) is 54.1 Å². The van der Waals surface area contributed by atoms with Crippen molar-refractivity contribution >= 4 is 34.9 Å². The molecule has 5 rings (SSSR count). The van der Waals surface area contributed by atoms with E-state index in [0.29, 0.717) is 60.6 Å². The van der Waals surface area contributed by atoms with Crippen molar-refractivity contribution in [3.05, 3.63) is 111 Å². The normalized spacial score (nSPS) is 13.6. The van der Waals surface area contributed by atoms with Crippen molar-refractivity contribution in [1.82, 2.24) is 14.9 Å². The molecule has 38 heavy (non-hydrogen) atoms. The molecule has 0 aliphatic carbocycles. The lowest BCUT2D eigenvalue weighted by Crippen LogP contribution is -2.49. The number of ether oxygens (including phenoxy) is 1. The van der Waals surface area contributed by atoms with Crippen LogP contribution in [0.25, 0.3) is 11.4 Å². The first-order valence-electron chi connectivity index (χ1n) is 12.5. The second-order valence-electron chi connectivity index (χ2n) is 9.16. The molecule has 1 aliphatic heterocycles. The molecule has 1 aromatic heterocycles. The van der Waals surface area contributed by atoms with E-state index in [1.807, 2.05) is 71.6 Å². The number of carbonyl (C=O) groups is 1. The molecule has 6 nitrogen and oxygen atoms in total. The second kappa shape index (κ2) is 11.9. The van der Waals surface area contributed by atoms with E-state index in [4.69, 9.17) is 37.9 Å². The van der Waals surface area contributed by atoms with E-state index >= 15 is 0 Å². The maximum atomic E-state index is 13.1. The molecule has 8 heteroatoms. The molecule has 0 atom stereocenters. The number of aromatic nitrogens is 2. The van der Waals surface area contributed by atoms with E-state index < -0.39 is 0 Å². The Labute approximate surface area is 232 Å². The monoisotopic (exact) mass is 546 g/mol. The third-order valence-electron chi connectivity index (χ3n) is 6.65. The summed E-state index contributed by atoms with van der Waals surface area (Å²) in [5, 5.41) is 1.17. The van der Waals surface area contributed by atoms with Gasteiger partial charge in [0.1, 0.15) is 5.82 Å². The fourth-order valence-corrected chi connectivity index (χ4v) is 5.01. The van der Waals surface area contributed by atoms with Crippen LogP contribution in [0.2, 0.25) is 10.0 Å². The minimum absolute atomic E-state index is 0.0515. The van der Waals surface area contributed by atoms with Crippen LogP contribution in [0, 0.1) is 0 Å². The van der Waals surface area contributed by atoms with E-state index in [1.54, 1.807) is 19.2 Å². The molecule has 0 radical (unpaired) electrons. The zero-order valence-electron chi connectivity index (χ0n) is 21.1. The predicted octanol–water partition coefficient (Wildman–Crippen LogP) is 6.15. The molecule has 4 aromatic rings. The van der Waals surface area contributed by atoms with Crippen molar-refractivity contribution in [1.29, 1.82) is 0 Å². The van der Waals surface area contributed by atoms with Gasteiger partial charge in [0.2, 0.25) is 0 Å². The number of rotatable bonds is 7. The topological polar surface area (TPSA) is 58.6 Å². The van der Waals surface area contributed by atoms with Crippen molar-refractivity contribution in [3.8, 4) is 11.4 Å². The molecule has 1 fully saturated rings. The van der Waals surface area contributed by atoms with Crippen molar-refractivity contribution in [3.63, 3.8) is 0 Å². The Morgan fingerprint density at radius 3 is 2.24 bits per heavy atom. The SMILES string of the molecule is COCc1nc(-c2ccccc2)nc(N2CCN(C(=O)c3ccccc3Cl)CC2)c1Cc1ccc(Cl)cc1. The summed E-state index contributed by atoms with van der Waals surface area (Å²) in [6.07, 6.45) is 0.638. The first-order chi connectivity index (χ1) is 18.5. The summed E-state index contributed by atoms with van der Waals surface area (Å²) in [7, 11) is 1.68. The van der Waals surface area contributed by atoms with Gasteiger partial charge in [-0.05, 0) is 29.8 Å². The van der Waals surface area contributed by atoms with Crippen LogP contribution in [-0.2, 0) is 17.8 Å². The zero-order valence-corrected chi connectivity index (χ0v) is 22.6. The number of amides is 1. The number of halogens is 2. The van der Waals surface area contributed by atoms with E-state index in [0.717, 1.165) is 28.2 Å². The van der Waals surface area contributed by atoms with Crippen LogP contribution in [0.5, 0.6) is 0 Å². The Balaban J connectivity index is 1.49. The van der Waals surface area contributed by atoms with Gasteiger partial charge in [-0.1, -0.05) is 77.8 Å². The first kappa shape index (κ1) is 26.2. The summed E-state index contributed by atoms with van der Waals surface area (Å²) in [4.78, 5) is 27.2. The number of methoxy groups -OCH3 is 1. The number of anilines is 1. The molecular formula is C30H28Cl2N4O2. The summed E-state index contributed by atoms with van der Waals surface area (Å²) in [5.41, 5.74) is 4.44. The van der Waals surface area contributed by atoms with Gasteiger partial charge < -0.3 is 14.5 Å². The van der Waals surface area contributed by atoms with Gasteiger partial charge in [0.25, 0.3) is 5.91 Å². The van der Waals surface area contributed by atoms with E-state index in [2.05, 4.69) is 4.90 Å². The lowest BCUT2D eigenvalue weighted by atomic mass is 10.0. The summed E-state index contributed by atoms with van der Waals surface area (Å²) < 4.78 is 5.57. The summed E-state index contributed by atoms with van der Waals surface area (Å²) in [6.45, 7) is 2.77. The fourth-order valence-electron chi connectivity index (χ4n) is 4.66. The van der Waals surface area contributed by atoms with Crippen molar-refractivity contribution in [2.24, 2.45) is 0 Å². The molecule has 1 aliphatic rings. The van der Waals surface area contributed by atoms with Crippen LogP contribution >= 0.6 is 23.2 Å².